The van der Waals surface area contributed by atoms with E-state index >= 15 is 0 Å². The number of nitrogens with zero attached hydrogens (tertiary/aromatic N) is 1. The molecule has 0 atom stereocenters. The molecule has 2 aromatic carbocycles. The van der Waals surface area contributed by atoms with Gasteiger partial charge in [-0.3, -0.25) is 4.99 Å². The van der Waals surface area contributed by atoms with Crippen molar-refractivity contribution in [3.05, 3.63) is 48.0 Å². The summed E-state index contributed by atoms with van der Waals surface area (Å²) in [5.74, 6) is 3.74. The zero-order valence-corrected chi connectivity index (χ0v) is 19.7. The van der Waals surface area contributed by atoms with Crippen LogP contribution >= 0.6 is 24.0 Å². The van der Waals surface area contributed by atoms with Crippen LogP contribution in [-0.2, 0) is 6.54 Å². The topological polar surface area (TPSA) is 73.3 Å². The van der Waals surface area contributed by atoms with E-state index in [1.54, 1.807) is 28.4 Å². The molecule has 160 valence electrons. The van der Waals surface area contributed by atoms with Crippen molar-refractivity contribution in [1.82, 2.24) is 10.6 Å². The van der Waals surface area contributed by atoms with E-state index in [1.165, 1.54) is 0 Å². The Bertz CT molecular complexity index is 771. The second-order valence-electron chi connectivity index (χ2n) is 5.92. The number of methoxy groups -OCH3 is 3. The van der Waals surface area contributed by atoms with E-state index < -0.39 is 0 Å². The van der Waals surface area contributed by atoms with Crippen LogP contribution < -0.4 is 29.6 Å². The van der Waals surface area contributed by atoms with Crippen molar-refractivity contribution in [2.24, 2.45) is 4.99 Å². The summed E-state index contributed by atoms with van der Waals surface area (Å²) in [7, 11) is 6.64. The van der Waals surface area contributed by atoms with Crippen LogP contribution in [0.2, 0.25) is 0 Å². The minimum atomic E-state index is 0. The van der Waals surface area contributed by atoms with Crippen LogP contribution in [0.5, 0.6) is 23.0 Å². The number of aliphatic imine (C=N–C) groups is 1. The smallest absolute Gasteiger partial charge is 0.191 e. The van der Waals surface area contributed by atoms with E-state index in [4.69, 9.17) is 18.9 Å². The third-order valence-corrected chi connectivity index (χ3v) is 4.06. The van der Waals surface area contributed by atoms with Gasteiger partial charge in [-0.25, -0.2) is 0 Å². The Hall–Kier alpha value is -2.36. The molecule has 0 saturated heterocycles. The minimum absolute atomic E-state index is 0. The lowest BCUT2D eigenvalue weighted by molar-refractivity contribution is 0.308. The summed E-state index contributed by atoms with van der Waals surface area (Å²) in [6.45, 7) is 1.97. The van der Waals surface area contributed by atoms with Crippen molar-refractivity contribution in [3.63, 3.8) is 0 Å². The van der Waals surface area contributed by atoms with E-state index in [0.29, 0.717) is 24.7 Å². The second kappa shape index (κ2) is 13.8. The van der Waals surface area contributed by atoms with Gasteiger partial charge in [-0.1, -0.05) is 12.1 Å². The normalized spacial score (nSPS) is 10.6. The van der Waals surface area contributed by atoms with E-state index in [-0.39, 0.29) is 24.0 Å². The summed E-state index contributed by atoms with van der Waals surface area (Å²) < 4.78 is 21.5. The van der Waals surface area contributed by atoms with Crippen molar-refractivity contribution in [2.45, 2.75) is 13.0 Å². The lowest BCUT2D eigenvalue weighted by Crippen LogP contribution is -2.37. The zero-order chi connectivity index (χ0) is 20.2. The third kappa shape index (κ3) is 8.26. The van der Waals surface area contributed by atoms with E-state index in [2.05, 4.69) is 15.6 Å². The van der Waals surface area contributed by atoms with Gasteiger partial charge in [-0.2, -0.15) is 0 Å². The van der Waals surface area contributed by atoms with Crippen molar-refractivity contribution < 1.29 is 18.9 Å². The molecule has 0 radical (unpaired) electrons. The van der Waals surface area contributed by atoms with Crippen LogP contribution in [0.4, 0.5) is 0 Å². The number of halogens is 1. The lowest BCUT2D eigenvalue weighted by atomic mass is 10.2. The summed E-state index contributed by atoms with van der Waals surface area (Å²) >= 11 is 0. The summed E-state index contributed by atoms with van der Waals surface area (Å²) in [5, 5.41) is 6.56. The van der Waals surface area contributed by atoms with Crippen molar-refractivity contribution >= 4 is 29.9 Å². The number of nitrogens with one attached hydrogen (secondary N) is 2. The molecular formula is C21H30IN3O4. The minimum Gasteiger partial charge on any atom is -0.497 e. The largest absolute Gasteiger partial charge is 0.497 e. The molecule has 0 aliphatic heterocycles. The fourth-order valence-electron chi connectivity index (χ4n) is 2.56. The number of ether oxygens (including phenoxy) is 4. The molecule has 0 aromatic heterocycles. The Morgan fingerprint density at radius 3 is 2.34 bits per heavy atom. The van der Waals surface area contributed by atoms with Crippen LogP contribution in [0.1, 0.15) is 12.0 Å². The molecule has 0 amide bonds. The van der Waals surface area contributed by atoms with Crippen LogP contribution in [0.15, 0.2) is 47.5 Å². The highest BCUT2D eigenvalue weighted by Crippen LogP contribution is 2.27. The molecule has 0 saturated carbocycles. The third-order valence-electron chi connectivity index (χ3n) is 4.06. The summed E-state index contributed by atoms with van der Waals surface area (Å²) in [6.07, 6.45) is 0.842. The zero-order valence-electron chi connectivity index (χ0n) is 17.4. The highest BCUT2D eigenvalue weighted by Gasteiger charge is 2.05. The molecule has 0 spiro atoms. The van der Waals surface area contributed by atoms with Gasteiger partial charge in [0.25, 0.3) is 0 Å². The number of hydrogen-bond donors (Lipinski definition) is 2. The van der Waals surface area contributed by atoms with Gasteiger partial charge in [0.15, 0.2) is 17.5 Å². The summed E-state index contributed by atoms with van der Waals surface area (Å²) in [5.41, 5.74) is 1.07. The highest BCUT2D eigenvalue weighted by molar-refractivity contribution is 14.0. The van der Waals surface area contributed by atoms with E-state index in [0.717, 1.165) is 36.0 Å². The SMILES string of the molecule is CN=C(NCCCOc1cccc(OC)c1)NCc1ccc(OC)c(OC)c1.I. The standard InChI is InChI=1S/C21H29N3O4.HI/c1-22-21(24-15-16-9-10-19(26-3)20(13-16)27-4)23-11-6-12-28-18-8-5-7-17(14-18)25-2;/h5,7-10,13-14H,6,11-12,15H2,1-4H3,(H2,22,23,24);1H. The number of rotatable bonds is 10. The fraction of sp³-hybridized carbons (Fsp3) is 0.381. The first-order valence-electron chi connectivity index (χ1n) is 9.12. The molecule has 8 heteroatoms. The Balaban J connectivity index is 0.00000420. The predicted octanol–water partition coefficient (Wildman–Crippen LogP) is 3.46. The average molecular weight is 515 g/mol. The first-order valence-corrected chi connectivity index (χ1v) is 9.12. The van der Waals surface area contributed by atoms with Gasteiger partial charge in [0.1, 0.15) is 11.5 Å². The van der Waals surface area contributed by atoms with Crippen LogP contribution in [0.3, 0.4) is 0 Å². The molecule has 0 aliphatic rings. The van der Waals surface area contributed by atoms with E-state index in [1.807, 2.05) is 42.5 Å². The molecule has 7 nitrogen and oxygen atoms in total. The maximum absolute atomic E-state index is 5.73. The lowest BCUT2D eigenvalue weighted by Gasteiger charge is -2.14. The Morgan fingerprint density at radius 2 is 1.66 bits per heavy atom. The molecule has 2 rings (SSSR count). The Kier molecular flexibility index (Phi) is 11.7. The van der Waals surface area contributed by atoms with Gasteiger partial charge in [-0.15, -0.1) is 24.0 Å². The number of guanidine groups is 1. The number of hydrogen-bond acceptors (Lipinski definition) is 5. The molecule has 0 fully saturated rings. The van der Waals surface area contributed by atoms with Gasteiger partial charge in [0, 0.05) is 26.2 Å². The van der Waals surface area contributed by atoms with Gasteiger partial charge in [0.2, 0.25) is 0 Å². The Labute approximate surface area is 189 Å². The molecule has 2 N–H and O–H groups in total. The number of benzene rings is 2. The van der Waals surface area contributed by atoms with Crippen molar-refractivity contribution in [1.29, 1.82) is 0 Å². The van der Waals surface area contributed by atoms with Crippen LogP contribution in [-0.4, -0.2) is 47.5 Å². The van der Waals surface area contributed by atoms with Crippen LogP contribution in [0.25, 0.3) is 0 Å². The predicted molar refractivity (Wildman–Crippen MR) is 126 cm³/mol. The molecule has 0 unspecified atom stereocenters. The first-order chi connectivity index (χ1) is 13.7. The van der Waals surface area contributed by atoms with E-state index in [9.17, 15) is 0 Å². The molecule has 0 heterocycles. The first kappa shape index (κ1) is 24.7. The Morgan fingerprint density at radius 1 is 0.897 bits per heavy atom. The van der Waals surface area contributed by atoms with Gasteiger partial charge >= 0.3 is 0 Å². The average Bonchev–Trinajstić information content (AvgIpc) is 2.75. The van der Waals surface area contributed by atoms with Crippen LogP contribution in [0, 0.1) is 0 Å². The monoisotopic (exact) mass is 515 g/mol. The molecule has 0 bridgehead atoms. The maximum atomic E-state index is 5.73. The second-order valence-corrected chi connectivity index (χ2v) is 5.92. The van der Waals surface area contributed by atoms with Gasteiger partial charge in [-0.05, 0) is 36.2 Å². The maximum Gasteiger partial charge on any atom is 0.191 e. The van der Waals surface area contributed by atoms with Crippen molar-refractivity contribution in [3.8, 4) is 23.0 Å². The molecule has 2 aromatic rings. The van der Waals surface area contributed by atoms with Gasteiger partial charge in [0.05, 0.1) is 27.9 Å². The quantitative estimate of drug-likeness (QED) is 0.219. The summed E-state index contributed by atoms with van der Waals surface area (Å²) in [6, 6.07) is 13.4. The van der Waals surface area contributed by atoms with Gasteiger partial charge < -0.3 is 29.6 Å². The molecule has 29 heavy (non-hydrogen) atoms. The highest BCUT2D eigenvalue weighted by atomic mass is 127. The molecule has 0 aliphatic carbocycles. The fourth-order valence-corrected chi connectivity index (χ4v) is 2.56. The molecular weight excluding hydrogens is 485 g/mol. The summed E-state index contributed by atoms with van der Waals surface area (Å²) in [4.78, 5) is 4.24. The van der Waals surface area contributed by atoms with Crippen molar-refractivity contribution in [2.75, 3.05) is 41.5 Å².